The number of amides is 2. The monoisotopic (exact) mass is 257 g/mol. The molecule has 100 valence electrons. The molecule has 7 nitrogen and oxygen atoms in total. The van der Waals surface area contributed by atoms with Crippen molar-refractivity contribution in [2.45, 2.75) is 19.8 Å². The lowest BCUT2D eigenvalue weighted by Crippen LogP contribution is -2.48. The van der Waals surface area contributed by atoms with E-state index in [9.17, 15) is 19.2 Å². The van der Waals surface area contributed by atoms with Gasteiger partial charge in [0.1, 0.15) is 13.2 Å². The highest BCUT2D eigenvalue weighted by Crippen LogP contribution is 2.03. The van der Waals surface area contributed by atoms with Gasteiger partial charge in [0, 0.05) is 6.42 Å². The fraction of sp³-hybridized carbons (Fsp3) is 0.636. The third-order valence-corrected chi connectivity index (χ3v) is 2.30. The van der Waals surface area contributed by atoms with Crippen molar-refractivity contribution >= 4 is 23.6 Å². The van der Waals surface area contributed by atoms with Gasteiger partial charge in [-0.05, 0) is 6.92 Å². The molecule has 1 rings (SSSR count). The van der Waals surface area contributed by atoms with Crippen molar-refractivity contribution < 1.29 is 28.7 Å². The van der Waals surface area contributed by atoms with Crippen LogP contribution in [0.15, 0.2) is 0 Å². The van der Waals surface area contributed by atoms with E-state index in [4.69, 9.17) is 4.74 Å². The maximum absolute atomic E-state index is 11.5. The number of Topliss-reactive ketones (excluding diaryl/α,β-unsaturated/α-hetero) is 1. The Bertz CT molecular complexity index is 349. The number of imide groups is 1. The first-order valence-corrected chi connectivity index (χ1v) is 5.62. The normalized spacial score (nSPS) is 15.7. The third kappa shape index (κ3) is 4.25. The van der Waals surface area contributed by atoms with Crippen molar-refractivity contribution in [2.24, 2.45) is 0 Å². The fourth-order valence-electron chi connectivity index (χ4n) is 1.43. The second-order valence-corrected chi connectivity index (χ2v) is 3.71. The smallest absolute Gasteiger partial charge is 0.306 e. The van der Waals surface area contributed by atoms with Crippen LogP contribution in [0.25, 0.3) is 0 Å². The first-order valence-electron chi connectivity index (χ1n) is 5.62. The summed E-state index contributed by atoms with van der Waals surface area (Å²) in [5, 5.41) is 0. The number of carbonyl (C=O) groups is 4. The maximum atomic E-state index is 11.5. The molecule has 0 spiro atoms. The fourth-order valence-corrected chi connectivity index (χ4v) is 1.43. The van der Waals surface area contributed by atoms with E-state index in [1.165, 1.54) is 0 Å². The van der Waals surface area contributed by atoms with Gasteiger partial charge in [-0.3, -0.25) is 24.1 Å². The van der Waals surface area contributed by atoms with Gasteiger partial charge in [0.15, 0.2) is 5.78 Å². The molecule has 0 unspecified atom stereocenters. The second-order valence-electron chi connectivity index (χ2n) is 3.71. The Morgan fingerprint density at radius 1 is 1.22 bits per heavy atom. The Hall–Kier alpha value is -1.76. The van der Waals surface area contributed by atoms with Crippen LogP contribution in [-0.4, -0.2) is 54.8 Å². The van der Waals surface area contributed by atoms with Crippen LogP contribution in [0.5, 0.6) is 0 Å². The summed E-state index contributed by atoms with van der Waals surface area (Å²) in [7, 11) is 0. The quantitative estimate of drug-likeness (QED) is 0.461. The summed E-state index contributed by atoms with van der Waals surface area (Å²) in [5.74, 6) is -1.89. The Balaban J connectivity index is 2.37. The van der Waals surface area contributed by atoms with Gasteiger partial charge in [-0.15, -0.1) is 0 Å². The van der Waals surface area contributed by atoms with Crippen LogP contribution >= 0.6 is 0 Å². The van der Waals surface area contributed by atoms with Gasteiger partial charge in [-0.2, -0.15) is 0 Å². The number of rotatable bonds is 6. The van der Waals surface area contributed by atoms with Crippen molar-refractivity contribution in [3.63, 3.8) is 0 Å². The zero-order valence-electron chi connectivity index (χ0n) is 10.1. The summed E-state index contributed by atoms with van der Waals surface area (Å²) in [6.07, 6.45) is -0.0872. The molecule has 1 aliphatic rings. The van der Waals surface area contributed by atoms with Crippen molar-refractivity contribution in [3.8, 4) is 0 Å². The number of esters is 1. The van der Waals surface area contributed by atoms with Gasteiger partial charge in [0.05, 0.1) is 19.6 Å². The molecule has 0 aliphatic carbocycles. The van der Waals surface area contributed by atoms with E-state index < -0.39 is 17.8 Å². The summed E-state index contributed by atoms with van der Waals surface area (Å²) in [4.78, 5) is 46.0. The molecule has 0 saturated carbocycles. The number of morpholine rings is 1. The first-order chi connectivity index (χ1) is 8.54. The minimum absolute atomic E-state index is 0.0423. The molecular formula is C11H15NO6. The Morgan fingerprint density at radius 3 is 2.39 bits per heavy atom. The van der Waals surface area contributed by atoms with E-state index in [-0.39, 0.29) is 45.0 Å². The third-order valence-electron chi connectivity index (χ3n) is 2.30. The molecule has 1 aliphatic heterocycles. The van der Waals surface area contributed by atoms with Crippen molar-refractivity contribution in [3.05, 3.63) is 0 Å². The molecule has 2 amide bonds. The minimum Gasteiger partial charge on any atom is -0.466 e. The largest absolute Gasteiger partial charge is 0.466 e. The molecular weight excluding hydrogens is 242 g/mol. The van der Waals surface area contributed by atoms with Gasteiger partial charge >= 0.3 is 5.97 Å². The summed E-state index contributed by atoms with van der Waals surface area (Å²) in [6, 6.07) is 0. The number of nitrogens with zero attached hydrogens (tertiary/aromatic N) is 1. The molecule has 0 atom stereocenters. The SMILES string of the molecule is CCOC(=O)CCC(=O)CN1C(=O)COCC1=O. The van der Waals surface area contributed by atoms with Crippen LogP contribution in [0, 0.1) is 0 Å². The average molecular weight is 257 g/mol. The number of ether oxygens (including phenoxy) is 2. The van der Waals surface area contributed by atoms with E-state index >= 15 is 0 Å². The van der Waals surface area contributed by atoms with E-state index in [1.807, 2.05) is 0 Å². The van der Waals surface area contributed by atoms with Crippen LogP contribution in [0.4, 0.5) is 0 Å². The van der Waals surface area contributed by atoms with Crippen LogP contribution in [0.2, 0.25) is 0 Å². The van der Waals surface area contributed by atoms with Gasteiger partial charge < -0.3 is 9.47 Å². The molecule has 0 radical (unpaired) electrons. The number of hydrogen-bond acceptors (Lipinski definition) is 6. The van der Waals surface area contributed by atoms with Gasteiger partial charge in [0.2, 0.25) is 0 Å². The lowest BCUT2D eigenvalue weighted by atomic mass is 10.2. The highest BCUT2D eigenvalue weighted by molar-refractivity contribution is 6.01. The molecule has 0 bridgehead atoms. The van der Waals surface area contributed by atoms with Gasteiger partial charge in [0.25, 0.3) is 11.8 Å². The predicted molar refractivity (Wildman–Crippen MR) is 58.4 cm³/mol. The Labute approximate surface area is 104 Å². The van der Waals surface area contributed by atoms with Crippen molar-refractivity contribution in [1.82, 2.24) is 4.90 Å². The van der Waals surface area contributed by atoms with E-state index in [0.717, 1.165) is 4.90 Å². The summed E-state index contributed by atoms with van der Waals surface area (Å²) in [6.45, 7) is 1.23. The molecule has 0 N–H and O–H groups in total. The highest BCUT2D eigenvalue weighted by atomic mass is 16.5. The summed E-state index contributed by atoms with van der Waals surface area (Å²) < 4.78 is 9.38. The highest BCUT2D eigenvalue weighted by Gasteiger charge is 2.28. The molecule has 7 heteroatoms. The lowest BCUT2D eigenvalue weighted by Gasteiger charge is -2.24. The topological polar surface area (TPSA) is 90.0 Å². The van der Waals surface area contributed by atoms with E-state index in [0.29, 0.717) is 0 Å². The second kappa shape index (κ2) is 6.85. The van der Waals surface area contributed by atoms with Crippen molar-refractivity contribution in [2.75, 3.05) is 26.4 Å². The molecule has 1 saturated heterocycles. The average Bonchev–Trinajstić information content (AvgIpc) is 2.32. The molecule has 1 fully saturated rings. The number of carbonyl (C=O) groups excluding carboxylic acids is 4. The zero-order valence-corrected chi connectivity index (χ0v) is 10.1. The van der Waals surface area contributed by atoms with E-state index in [1.54, 1.807) is 6.92 Å². The standard InChI is InChI=1S/C11H15NO6/c1-2-18-11(16)4-3-8(13)5-12-9(14)6-17-7-10(12)15/h2-7H2,1H3. The Kier molecular flexibility index (Phi) is 5.44. The molecule has 0 aromatic carbocycles. The molecule has 0 aromatic heterocycles. The Morgan fingerprint density at radius 2 is 1.83 bits per heavy atom. The van der Waals surface area contributed by atoms with Crippen molar-refractivity contribution in [1.29, 1.82) is 0 Å². The van der Waals surface area contributed by atoms with Gasteiger partial charge in [-0.25, -0.2) is 0 Å². The summed E-state index contributed by atoms with van der Waals surface area (Å²) >= 11 is 0. The van der Waals surface area contributed by atoms with Crippen LogP contribution in [0.1, 0.15) is 19.8 Å². The molecule has 18 heavy (non-hydrogen) atoms. The summed E-state index contributed by atoms with van der Waals surface area (Å²) in [5.41, 5.74) is 0. The van der Waals surface area contributed by atoms with Crippen LogP contribution < -0.4 is 0 Å². The minimum atomic E-state index is -0.532. The lowest BCUT2D eigenvalue weighted by molar-refractivity contribution is -0.160. The number of hydrogen-bond donors (Lipinski definition) is 0. The van der Waals surface area contributed by atoms with Crippen LogP contribution in [-0.2, 0) is 28.7 Å². The van der Waals surface area contributed by atoms with Crippen LogP contribution in [0.3, 0.4) is 0 Å². The maximum Gasteiger partial charge on any atom is 0.306 e. The predicted octanol–water partition coefficient (Wildman–Crippen LogP) is -0.716. The molecule has 1 heterocycles. The van der Waals surface area contributed by atoms with Gasteiger partial charge in [-0.1, -0.05) is 0 Å². The first kappa shape index (κ1) is 14.3. The van der Waals surface area contributed by atoms with E-state index in [2.05, 4.69) is 4.74 Å². The zero-order chi connectivity index (χ0) is 13.5. The number of ketones is 1. The molecule has 0 aromatic rings.